The van der Waals surface area contributed by atoms with Gasteiger partial charge in [0.2, 0.25) is 0 Å². The number of allylic oxidation sites excluding steroid dienone is 1. The first-order valence-electron chi connectivity index (χ1n) is 14.6. The van der Waals surface area contributed by atoms with Crippen LogP contribution in [0.1, 0.15) is 57.4 Å². The predicted molar refractivity (Wildman–Crippen MR) is 146 cm³/mol. The summed E-state index contributed by atoms with van der Waals surface area (Å²) in [6.45, 7) is 4.75. The Kier molecular flexibility index (Phi) is 4.00. The average molecular weight is 492 g/mol. The molecule has 7 aliphatic rings. The highest BCUT2D eigenvalue weighted by molar-refractivity contribution is 5.82. The zero-order valence-corrected chi connectivity index (χ0v) is 21.8. The molecule has 2 saturated heterocycles. The van der Waals surface area contributed by atoms with E-state index in [2.05, 4.69) is 65.4 Å². The lowest BCUT2D eigenvalue weighted by Crippen LogP contribution is -2.56. The van der Waals surface area contributed by atoms with Gasteiger partial charge < -0.3 is 10.5 Å². The summed E-state index contributed by atoms with van der Waals surface area (Å²) in [5.74, 6) is 1.36. The van der Waals surface area contributed by atoms with Gasteiger partial charge in [-0.3, -0.25) is 9.88 Å². The standard InChI is InChI=1S/C33H37N3O/c1-30-9-6-25-15-23-4-5-28(36-13-8-27(34)20-36)18-31(23)10-11-33(25,37-31)29(30)16-26-17-32(26,30)24-3-2-21-7-12-35-19-22(21)14-24/h2-7,12,14-15,19,26-29H,8-11,13,16-18,20,34H2,1H3/t26-,27+,28+,29+,30-,31+,32-,33?/m0/s1. The quantitative estimate of drug-likeness (QED) is 0.608. The third-order valence-corrected chi connectivity index (χ3v) is 12.2. The van der Waals surface area contributed by atoms with E-state index in [1.807, 2.05) is 12.4 Å². The largest absolute Gasteiger partial charge is 0.359 e. The summed E-state index contributed by atoms with van der Waals surface area (Å²) in [6, 6.07) is 10.1. The van der Waals surface area contributed by atoms with Crippen molar-refractivity contribution in [3.63, 3.8) is 0 Å². The number of ether oxygens (including phenoxy) is 1. The van der Waals surface area contributed by atoms with Crippen LogP contribution in [-0.2, 0) is 10.2 Å². The maximum atomic E-state index is 7.54. The smallest absolute Gasteiger partial charge is 0.0975 e. The van der Waals surface area contributed by atoms with Crippen LogP contribution in [0, 0.1) is 17.3 Å². The molecule has 4 heteroatoms. The van der Waals surface area contributed by atoms with Crippen molar-refractivity contribution in [2.24, 2.45) is 23.0 Å². The maximum Gasteiger partial charge on any atom is 0.0975 e. The number of rotatable bonds is 2. The van der Waals surface area contributed by atoms with Crippen molar-refractivity contribution in [2.75, 3.05) is 13.1 Å². The van der Waals surface area contributed by atoms with Crippen LogP contribution in [0.15, 0.2) is 72.1 Å². The molecule has 0 amide bonds. The lowest BCUT2D eigenvalue weighted by atomic mass is 9.55. The fourth-order valence-electron chi connectivity index (χ4n) is 10.4. The highest BCUT2D eigenvalue weighted by atomic mass is 16.5. The molecule has 1 unspecified atom stereocenters. The van der Waals surface area contributed by atoms with Gasteiger partial charge in [0.1, 0.15) is 0 Å². The highest BCUT2D eigenvalue weighted by Gasteiger charge is 2.78. The lowest BCUT2D eigenvalue weighted by molar-refractivity contribution is -0.137. The van der Waals surface area contributed by atoms with Crippen LogP contribution < -0.4 is 5.73 Å². The van der Waals surface area contributed by atoms with Gasteiger partial charge in [-0.05, 0) is 96.4 Å². The number of nitrogens with zero attached hydrogens (tertiary/aromatic N) is 2. The van der Waals surface area contributed by atoms with Crippen LogP contribution in [0.5, 0.6) is 0 Å². The van der Waals surface area contributed by atoms with Crippen LogP contribution in [0.4, 0.5) is 0 Å². The van der Waals surface area contributed by atoms with Gasteiger partial charge in [0, 0.05) is 48.4 Å². The molecule has 2 aromatic rings. The first-order chi connectivity index (χ1) is 18.0. The van der Waals surface area contributed by atoms with Gasteiger partial charge >= 0.3 is 0 Å². The van der Waals surface area contributed by atoms with Crippen LogP contribution in [0.25, 0.3) is 10.8 Å². The third kappa shape index (κ3) is 2.54. The van der Waals surface area contributed by atoms with Crippen LogP contribution in [0.3, 0.4) is 0 Å². The molecule has 2 N–H and O–H groups in total. The van der Waals surface area contributed by atoms with Gasteiger partial charge in [0.15, 0.2) is 0 Å². The average Bonchev–Trinajstić information content (AvgIpc) is 3.21. The van der Waals surface area contributed by atoms with E-state index in [0.717, 1.165) is 44.7 Å². The summed E-state index contributed by atoms with van der Waals surface area (Å²) < 4.78 is 7.54. The van der Waals surface area contributed by atoms with Crippen LogP contribution in [0.2, 0.25) is 0 Å². The van der Waals surface area contributed by atoms with Gasteiger partial charge in [-0.15, -0.1) is 0 Å². The molecular weight excluding hydrogens is 454 g/mol. The first-order valence-corrected chi connectivity index (χ1v) is 14.6. The monoisotopic (exact) mass is 491 g/mol. The van der Waals surface area contributed by atoms with E-state index < -0.39 is 0 Å². The topological polar surface area (TPSA) is 51.4 Å². The molecule has 2 bridgehead atoms. The molecule has 1 aromatic heterocycles. The number of nitrogens with two attached hydrogens (primary N) is 1. The minimum Gasteiger partial charge on any atom is -0.359 e. The molecule has 37 heavy (non-hydrogen) atoms. The highest BCUT2D eigenvalue weighted by Crippen LogP contribution is 2.80. The minimum atomic E-state index is -0.115. The van der Waals surface area contributed by atoms with Gasteiger partial charge in [0.25, 0.3) is 0 Å². The summed E-state index contributed by atoms with van der Waals surface area (Å²) in [5.41, 5.74) is 11.0. The van der Waals surface area contributed by atoms with Crippen molar-refractivity contribution in [3.8, 4) is 0 Å². The molecule has 0 radical (unpaired) electrons. The Hall–Kier alpha value is -2.27. The molecular formula is C33H37N3O. The molecule has 8 atom stereocenters. The van der Waals surface area contributed by atoms with Crippen molar-refractivity contribution in [1.82, 2.24) is 9.88 Å². The van der Waals surface area contributed by atoms with Crippen LogP contribution in [-0.4, -0.2) is 46.3 Å². The van der Waals surface area contributed by atoms with E-state index in [-0.39, 0.29) is 22.0 Å². The first kappa shape index (κ1) is 21.6. The zero-order valence-electron chi connectivity index (χ0n) is 21.8. The minimum absolute atomic E-state index is 0.105. The molecule has 2 spiro atoms. The zero-order chi connectivity index (χ0) is 24.6. The number of benzene rings is 1. The fraction of sp³-hybridized carbons (Fsp3) is 0.545. The Morgan fingerprint density at radius 2 is 2.05 bits per heavy atom. The van der Waals surface area contributed by atoms with Crippen LogP contribution >= 0.6 is 0 Å². The van der Waals surface area contributed by atoms with Crippen molar-refractivity contribution in [2.45, 2.75) is 80.6 Å². The summed E-state index contributed by atoms with van der Waals surface area (Å²) in [5, 5.41) is 2.57. The number of aromatic nitrogens is 1. The van der Waals surface area contributed by atoms with Crippen molar-refractivity contribution in [1.29, 1.82) is 0 Å². The predicted octanol–water partition coefficient (Wildman–Crippen LogP) is 5.44. The lowest BCUT2D eigenvalue weighted by Gasteiger charge is -2.55. The molecule has 4 heterocycles. The molecule has 4 nitrogen and oxygen atoms in total. The Morgan fingerprint density at radius 3 is 2.95 bits per heavy atom. The molecule has 9 rings (SSSR count). The second kappa shape index (κ2) is 6.83. The van der Waals surface area contributed by atoms with E-state index in [4.69, 9.17) is 10.5 Å². The third-order valence-electron chi connectivity index (χ3n) is 12.2. The van der Waals surface area contributed by atoms with E-state index in [1.54, 1.807) is 5.56 Å². The van der Waals surface area contributed by atoms with E-state index in [9.17, 15) is 0 Å². The molecule has 3 aliphatic heterocycles. The molecule has 4 aliphatic carbocycles. The maximum absolute atomic E-state index is 7.54. The summed E-state index contributed by atoms with van der Waals surface area (Å²) >= 11 is 0. The van der Waals surface area contributed by atoms with E-state index in [1.165, 1.54) is 41.2 Å². The summed E-state index contributed by atoms with van der Waals surface area (Å²) in [6.07, 6.45) is 22.2. The Bertz CT molecular complexity index is 1440. The normalized spacial score (nSPS) is 47.2. The van der Waals surface area contributed by atoms with Gasteiger partial charge in [-0.25, -0.2) is 0 Å². The Morgan fingerprint density at radius 1 is 1.11 bits per heavy atom. The second-order valence-corrected chi connectivity index (χ2v) is 13.6. The molecule has 4 fully saturated rings. The van der Waals surface area contributed by atoms with E-state index in [0.29, 0.717) is 18.0 Å². The molecule has 190 valence electrons. The number of fused-ring (bicyclic) bond motifs is 4. The number of hydrogen-bond donors (Lipinski definition) is 1. The SMILES string of the molecule is C[C@]12CC=C3C=C4C=C[C@@H](N5CC[C@@H](N)C5)C[C@]45CCC3(O5)[C@@H]1C[C@H]1C[C@]12c1ccc2ccncc2c1. The van der Waals surface area contributed by atoms with Crippen molar-refractivity contribution < 1.29 is 4.74 Å². The fourth-order valence-corrected chi connectivity index (χ4v) is 10.4. The van der Waals surface area contributed by atoms with E-state index >= 15 is 0 Å². The molecule has 1 aromatic carbocycles. The number of hydrogen-bond acceptors (Lipinski definition) is 4. The summed E-state index contributed by atoms with van der Waals surface area (Å²) in [4.78, 5) is 7.03. The number of pyridine rings is 1. The van der Waals surface area contributed by atoms with Gasteiger partial charge in [-0.1, -0.05) is 43.4 Å². The molecule has 2 saturated carbocycles. The van der Waals surface area contributed by atoms with Gasteiger partial charge in [0.05, 0.1) is 11.2 Å². The Balaban J connectivity index is 1.10. The van der Waals surface area contributed by atoms with Crippen molar-refractivity contribution in [3.05, 3.63) is 77.7 Å². The van der Waals surface area contributed by atoms with Gasteiger partial charge in [-0.2, -0.15) is 0 Å². The second-order valence-electron chi connectivity index (χ2n) is 13.6. The summed E-state index contributed by atoms with van der Waals surface area (Å²) in [7, 11) is 0. The number of likely N-dealkylation sites (tertiary alicyclic amines) is 1. The van der Waals surface area contributed by atoms with Crippen molar-refractivity contribution >= 4 is 10.8 Å². The Labute approximate surface area is 219 Å².